The molecule has 0 aliphatic carbocycles. The van der Waals surface area contributed by atoms with Crippen molar-refractivity contribution < 1.29 is 4.79 Å². The Morgan fingerprint density at radius 3 is 2.72 bits per heavy atom. The standard InChI is InChI=1S/C18H19N5OS/c1-3-23-17(14-9-10-19-13(2)11-14)21-22-18(23)25-12-16(24)20-15-7-5-4-6-8-15/h4-11H,3,12H2,1-2H3,(H,20,24). The van der Waals surface area contributed by atoms with E-state index in [1.165, 1.54) is 11.8 Å². The van der Waals surface area contributed by atoms with Gasteiger partial charge in [0.1, 0.15) is 0 Å². The first-order valence-electron chi connectivity index (χ1n) is 8.01. The molecule has 0 fully saturated rings. The molecule has 0 aliphatic heterocycles. The zero-order valence-electron chi connectivity index (χ0n) is 14.1. The van der Waals surface area contributed by atoms with Gasteiger partial charge in [0.2, 0.25) is 5.91 Å². The molecule has 3 rings (SSSR count). The van der Waals surface area contributed by atoms with Crippen molar-refractivity contribution in [3.8, 4) is 11.4 Å². The third-order valence-electron chi connectivity index (χ3n) is 3.58. The smallest absolute Gasteiger partial charge is 0.234 e. The Labute approximate surface area is 150 Å². The van der Waals surface area contributed by atoms with Crippen molar-refractivity contribution in [3.05, 3.63) is 54.4 Å². The number of aromatic nitrogens is 4. The summed E-state index contributed by atoms with van der Waals surface area (Å²) in [4.78, 5) is 16.3. The maximum absolute atomic E-state index is 12.1. The number of amides is 1. The van der Waals surface area contributed by atoms with Gasteiger partial charge in [0.05, 0.1) is 5.75 Å². The highest BCUT2D eigenvalue weighted by atomic mass is 32.2. The van der Waals surface area contributed by atoms with Crippen LogP contribution in [-0.4, -0.2) is 31.4 Å². The van der Waals surface area contributed by atoms with Crippen LogP contribution in [0.1, 0.15) is 12.6 Å². The lowest BCUT2D eigenvalue weighted by Crippen LogP contribution is -2.14. The Kier molecular flexibility index (Phi) is 5.45. The number of pyridine rings is 1. The van der Waals surface area contributed by atoms with Crippen LogP contribution in [0.15, 0.2) is 53.8 Å². The van der Waals surface area contributed by atoms with Crippen LogP contribution in [-0.2, 0) is 11.3 Å². The molecule has 2 aromatic heterocycles. The van der Waals surface area contributed by atoms with Crippen molar-refractivity contribution in [1.82, 2.24) is 19.7 Å². The number of nitrogens with one attached hydrogen (secondary N) is 1. The lowest BCUT2D eigenvalue weighted by Gasteiger charge is -2.08. The van der Waals surface area contributed by atoms with Gasteiger partial charge in [0.25, 0.3) is 0 Å². The molecule has 0 spiro atoms. The maximum atomic E-state index is 12.1. The molecule has 6 nitrogen and oxygen atoms in total. The van der Waals surface area contributed by atoms with E-state index in [0.29, 0.717) is 0 Å². The highest BCUT2D eigenvalue weighted by molar-refractivity contribution is 7.99. The lowest BCUT2D eigenvalue weighted by atomic mass is 10.2. The van der Waals surface area contributed by atoms with Crippen LogP contribution in [0.3, 0.4) is 0 Å². The SMILES string of the molecule is CCn1c(SCC(=O)Nc2ccccc2)nnc1-c1ccnc(C)c1. The molecular weight excluding hydrogens is 334 g/mol. The zero-order valence-corrected chi connectivity index (χ0v) is 15.0. The number of hydrogen-bond donors (Lipinski definition) is 1. The van der Waals surface area contributed by atoms with E-state index < -0.39 is 0 Å². The summed E-state index contributed by atoms with van der Waals surface area (Å²) in [5, 5.41) is 12.1. The molecule has 0 unspecified atom stereocenters. The number of carbonyl (C=O) groups excluding carboxylic acids is 1. The molecule has 0 aliphatic rings. The van der Waals surface area contributed by atoms with Gasteiger partial charge in [0.15, 0.2) is 11.0 Å². The van der Waals surface area contributed by atoms with E-state index in [2.05, 4.69) is 20.5 Å². The average Bonchev–Trinajstić information content (AvgIpc) is 3.04. The number of rotatable bonds is 6. The Bertz CT molecular complexity index is 863. The summed E-state index contributed by atoms with van der Waals surface area (Å²) in [5.41, 5.74) is 2.69. The molecule has 1 N–H and O–H groups in total. The van der Waals surface area contributed by atoms with Gasteiger partial charge in [-0.1, -0.05) is 30.0 Å². The minimum Gasteiger partial charge on any atom is -0.325 e. The van der Waals surface area contributed by atoms with E-state index >= 15 is 0 Å². The second-order valence-electron chi connectivity index (χ2n) is 5.44. The van der Waals surface area contributed by atoms with Crippen molar-refractivity contribution in [2.75, 3.05) is 11.1 Å². The predicted octanol–water partition coefficient (Wildman–Crippen LogP) is 3.40. The summed E-state index contributed by atoms with van der Waals surface area (Å²) < 4.78 is 2.01. The molecule has 0 saturated heterocycles. The molecule has 1 aromatic carbocycles. The third-order valence-corrected chi connectivity index (χ3v) is 4.54. The van der Waals surface area contributed by atoms with Gasteiger partial charge in [-0.3, -0.25) is 9.78 Å². The van der Waals surface area contributed by atoms with Gasteiger partial charge in [-0.15, -0.1) is 10.2 Å². The topological polar surface area (TPSA) is 72.7 Å². The van der Waals surface area contributed by atoms with E-state index in [1.54, 1.807) is 6.20 Å². The molecule has 3 aromatic rings. The van der Waals surface area contributed by atoms with Crippen LogP contribution in [0.5, 0.6) is 0 Å². The monoisotopic (exact) mass is 353 g/mol. The van der Waals surface area contributed by atoms with Crippen LogP contribution in [0, 0.1) is 6.92 Å². The largest absolute Gasteiger partial charge is 0.325 e. The highest BCUT2D eigenvalue weighted by Gasteiger charge is 2.14. The Balaban J connectivity index is 1.70. The first-order chi connectivity index (χ1) is 12.2. The van der Waals surface area contributed by atoms with Crippen molar-refractivity contribution in [1.29, 1.82) is 0 Å². The number of para-hydroxylation sites is 1. The maximum Gasteiger partial charge on any atom is 0.234 e. The van der Waals surface area contributed by atoms with Crippen LogP contribution in [0.4, 0.5) is 5.69 Å². The molecule has 1 amide bonds. The van der Waals surface area contributed by atoms with Crippen molar-refractivity contribution in [3.63, 3.8) is 0 Å². The first kappa shape index (κ1) is 17.2. The zero-order chi connectivity index (χ0) is 17.6. The molecule has 0 atom stereocenters. The van der Waals surface area contributed by atoms with E-state index in [1.807, 2.05) is 60.9 Å². The number of benzene rings is 1. The Morgan fingerprint density at radius 2 is 2.00 bits per heavy atom. The molecule has 0 bridgehead atoms. The summed E-state index contributed by atoms with van der Waals surface area (Å²) in [5.74, 6) is 1.00. The van der Waals surface area contributed by atoms with Gasteiger partial charge in [-0.25, -0.2) is 0 Å². The van der Waals surface area contributed by atoms with Gasteiger partial charge >= 0.3 is 0 Å². The predicted molar refractivity (Wildman–Crippen MR) is 99.5 cm³/mol. The van der Waals surface area contributed by atoms with Crippen LogP contribution in [0.2, 0.25) is 0 Å². The molecular formula is C18H19N5OS. The van der Waals surface area contributed by atoms with E-state index in [4.69, 9.17) is 0 Å². The van der Waals surface area contributed by atoms with Gasteiger partial charge in [-0.2, -0.15) is 0 Å². The summed E-state index contributed by atoms with van der Waals surface area (Å²) in [6.45, 7) is 4.71. The average molecular weight is 353 g/mol. The summed E-state index contributed by atoms with van der Waals surface area (Å²) >= 11 is 1.38. The lowest BCUT2D eigenvalue weighted by molar-refractivity contribution is -0.113. The Hall–Kier alpha value is -2.67. The number of nitrogens with zero attached hydrogens (tertiary/aromatic N) is 4. The van der Waals surface area contributed by atoms with Gasteiger partial charge in [-0.05, 0) is 38.1 Å². The molecule has 7 heteroatoms. The number of carbonyl (C=O) groups is 1. The second-order valence-corrected chi connectivity index (χ2v) is 6.38. The molecule has 0 saturated carbocycles. The van der Waals surface area contributed by atoms with Crippen LogP contribution < -0.4 is 5.32 Å². The number of thioether (sulfide) groups is 1. The molecule has 25 heavy (non-hydrogen) atoms. The van der Waals surface area contributed by atoms with Gasteiger partial charge < -0.3 is 9.88 Å². The van der Waals surface area contributed by atoms with Crippen LogP contribution in [0.25, 0.3) is 11.4 Å². The molecule has 2 heterocycles. The van der Waals surface area contributed by atoms with E-state index in [0.717, 1.165) is 34.5 Å². The van der Waals surface area contributed by atoms with Gasteiger partial charge in [0, 0.05) is 29.7 Å². The highest BCUT2D eigenvalue weighted by Crippen LogP contribution is 2.24. The minimum atomic E-state index is -0.0665. The quantitative estimate of drug-likeness (QED) is 0.688. The first-order valence-corrected chi connectivity index (χ1v) is 9.00. The number of anilines is 1. The summed E-state index contributed by atoms with van der Waals surface area (Å²) in [7, 11) is 0. The van der Waals surface area contributed by atoms with E-state index in [9.17, 15) is 4.79 Å². The third kappa shape index (κ3) is 4.24. The molecule has 128 valence electrons. The molecule has 0 radical (unpaired) electrons. The second kappa shape index (κ2) is 7.94. The summed E-state index contributed by atoms with van der Waals surface area (Å²) in [6.07, 6.45) is 1.76. The fourth-order valence-corrected chi connectivity index (χ4v) is 3.23. The Morgan fingerprint density at radius 1 is 1.20 bits per heavy atom. The van der Waals surface area contributed by atoms with E-state index in [-0.39, 0.29) is 11.7 Å². The van der Waals surface area contributed by atoms with Crippen LogP contribution >= 0.6 is 11.8 Å². The van der Waals surface area contributed by atoms with Crippen molar-refractivity contribution in [2.24, 2.45) is 0 Å². The fourth-order valence-electron chi connectivity index (χ4n) is 2.43. The normalized spacial score (nSPS) is 10.6. The van der Waals surface area contributed by atoms with Crippen molar-refractivity contribution in [2.45, 2.75) is 25.5 Å². The fraction of sp³-hybridized carbons (Fsp3) is 0.222. The minimum absolute atomic E-state index is 0.0665. The summed E-state index contributed by atoms with van der Waals surface area (Å²) in [6, 6.07) is 13.3. The number of aryl methyl sites for hydroxylation is 1. The number of hydrogen-bond acceptors (Lipinski definition) is 5. The van der Waals surface area contributed by atoms with Crippen molar-refractivity contribution >= 4 is 23.4 Å².